The van der Waals surface area contributed by atoms with Crippen molar-refractivity contribution in [1.29, 1.82) is 0 Å². The molecule has 2 unspecified atom stereocenters. The summed E-state index contributed by atoms with van der Waals surface area (Å²) in [6.45, 7) is 4.30. The van der Waals surface area contributed by atoms with Gasteiger partial charge in [-0.1, -0.05) is 18.6 Å². The van der Waals surface area contributed by atoms with Crippen molar-refractivity contribution in [3.63, 3.8) is 0 Å². The topological polar surface area (TPSA) is 29.5 Å². The van der Waals surface area contributed by atoms with Crippen LogP contribution in [0, 0.1) is 12.8 Å². The van der Waals surface area contributed by atoms with E-state index in [4.69, 9.17) is 4.74 Å². The van der Waals surface area contributed by atoms with Crippen molar-refractivity contribution < 1.29 is 9.84 Å². The first-order valence-corrected chi connectivity index (χ1v) is 6.58. The third kappa shape index (κ3) is 1.66. The molecule has 1 saturated carbocycles. The zero-order chi connectivity index (χ0) is 12.0. The number of aliphatic hydroxyl groups excluding tert-OH is 1. The average molecular weight is 232 g/mol. The van der Waals surface area contributed by atoms with Gasteiger partial charge in [-0.05, 0) is 44.2 Å². The summed E-state index contributed by atoms with van der Waals surface area (Å²) in [5.74, 6) is 1.44. The number of aryl methyl sites for hydroxylation is 1. The Morgan fingerprint density at radius 3 is 2.94 bits per heavy atom. The highest BCUT2D eigenvalue weighted by Gasteiger charge is 2.47. The molecule has 2 aliphatic rings. The highest BCUT2D eigenvalue weighted by molar-refractivity contribution is 5.41. The Bertz CT molecular complexity index is 441. The lowest BCUT2D eigenvalue weighted by Crippen LogP contribution is -2.43. The first-order valence-electron chi connectivity index (χ1n) is 6.58. The molecule has 1 aliphatic heterocycles. The van der Waals surface area contributed by atoms with Crippen LogP contribution in [0.25, 0.3) is 0 Å². The molecule has 0 radical (unpaired) electrons. The van der Waals surface area contributed by atoms with Crippen molar-refractivity contribution in [2.45, 2.75) is 51.2 Å². The van der Waals surface area contributed by atoms with Gasteiger partial charge in [-0.25, -0.2) is 0 Å². The van der Waals surface area contributed by atoms with E-state index in [1.54, 1.807) is 0 Å². The maximum Gasteiger partial charge on any atom is 0.125 e. The second-order valence-electron chi connectivity index (χ2n) is 5.72. The van der Waals surface area contributed by atoms with Crippen molar-refractivity contribution in [2.24, 2.45) is 5.92 Å². The SMILES string of the molecule is Cc1ccc2c(c1)[C@H](O)CC1(CCCC1C)O2. The van der Waals surface area contributed by atoms with Crippen LogP contribution in [0.1, 0.15) is 49.8 Å². The second-order valence-corrected chi connectivity index (χ2v) is 5.72. The minimum Gasteiger partial charge on any atom is -0.487 e. The Morgan fingerprint density at radius 1 is 1.41 bits per heavy atom. The number of aliphatic hydroxyl groups is 1. The molecule has 17 heavy (non-hydrogen) atoms. The summed E-state index contributed by atoms with van der Waals surface area (Å²) in [6, 6.07) is 6.12. The van der Waals surface area contributed by atoms with Gasteiger partial charge in [0.2, 0.25) is 0 Å². The van der Waals surface area contributed by atoms with Crippen LogP contribution in [0.2, 0.25) is 0 Å². The highest BCUT2D eigenvalue weighted by atomic mass is 16.5. The Hall–Kier alpha value is -1.02. The van der Waals surface area contributed by atoms with E-state index in [1.165, 1.54) is 18.4 Å². The summed E-state index contributed by atoms with van der Waals surface area (Å²) in [5, 5.41) is 10.3. The third-order valence-corrected chi connectivity index (χ3v) is 4.51. The van der Waals surface area contributed by atoms with E-state index in [1.807, 2.05) is 12.1 Å². The van der Waals surface area contributed by atoms with Gasteiger partial charge in [0.1, 0.15) is 11.4 Å². The minimum atomic E-state index is -0.362. The third-order valence-electron chi connectivity index (χ3n) is 4.51. The van der Waals surface area contributed by atoms with Gasteiger partial charge in [-0.15, -0.1) is 0 Å². The molecule has 1 fully saturated rings. The van der Waals surface area contributed by atoms with Crippen molar-refractivity contribution in [2.75, 3.05) is 0 Å². The molecule has 1 aliphatic carbocycles. The van der Waals surface area contributed by atoms with Crippen LogP contribution in [0.3, 0.4) is 0 Å². The molecular formula is C15H20O2. The largest absolute Gasteiger partial charge is 0.487 e. The standard InChI is InChI=1S/C15H20O2/c1-10-5-6-14-12(8-10)13(16)9-15(17-14)7-3-4-11(15)2/h5-6,8,11,13,16H,3-4,7,9H2,1-2H3/t11?,13-,15?/m1/s1. The number of benzene rings is 1. The lowest BCUT2D eigenvalue weighted by molar-refractivity contribution is -0.0356. The maximum atomic E-state index is 10.3. The highest BCUT2D eigenvalue weighted by Crippen LogP contribution is 2.49. The molecule has 1 heterocycles. The second kappa shape index (κ2) is 3.74. The van der Waals surface area contributed by atoms with Crippen molar-refractivity contribution in [3.8, 4) is 5.75 Å². The molecule has 0 amide bonds. The van der Waals surface area contributed by atoms with Crippen LogP contribution >= 0.6 is 0 Å². The van der Waals surface area contributed by atoms with Gasteiger partial charge < -0.3 is 9.84 Å². The van der Waals surface area contributed by atoms with Crippen molar-refractivity contribution >= 4 is 0 Å². The lowest BCUT2D eigenvalue weighted by atomic mass is 9.82. The molecule has 0 saturated heterocycles. The van der Waals surface area contributed by atoms with Gasteiger partial charge >= 0.3 is 0 Å². The number of hydrogen-bond donors (Lipinski definition) is 1. The molecule has 92 valence electrons. The minimum absolute atomic E-state index is 0.109. The molecule has 3 atom stereocenters. The monoisotopic (exact) mass is 232 g/mol. The van der Waals surface area contributed by atoms with Gasteiger partial charge in [0.05, 0.1) is 6.10 Å². The predicted octanol–water partition coefficient (Wildman–Crippen LogP) is 3.37. The van der Waals surface area contributed by atoms with Gasteiger partial charge in [-0.2, -0.15) is 0 Å². The predicted molar refractivity (Wildman–Crippen MR) is 67.1 cm³/mol. The summed E-state index contributed by atoms with van der Waals surface area (Å²) in [4.78, 5) is 0. The molecule has 1 aromatic rings. The van der Waals surface area contributed by atoms with E-state index < -0.39 is 0 Å². The Labute approximate surface area is 103 Å². The van der Waals surface area contributed by atoms with Crippen molar-refractivity contribution in [1.82, 2.24) is 0 Å². The molecule has 1 aromatic carbocycles. The van der Waals surface area contributed by atoms with Crippen LogP contribution in [-0.2, 0) is 0 Å². The van der Waals surface area contributed by atoms with E-state index in [0.717, 1.165) is 24.2 Å². The fraction of sp³-hybridized carbons (Fsp3) is 0.600. The summed E-state index contributed by atoms with van der Waals surface area (Å²) >= 11 is 0. The number of rotatable bonds is 0. The molecule has 2 nitrogen and oxygen atoms in total. The molecule has 1 spiro atoms. The average Bonchev–Trinajstić information content (AvgIpc) is 2.62. The first kappa shape index (κ1) is 11.1. The van der Waals surface area contributed by atoms with Gasteiger partial charge in [0, 0.05) is 12.0 Å². The summed E-state index contributed by atoms with van der Waals surface area (Å²) in [5.41, 5.74) is 2.04. The normalized spacial score (nSPS) is 35.7. The Kier molecular flexibility index (Phi) is 2.44. The fourth-order valence-electron chi connectivity index (χ4n) is 3.39. The van der Waals surface area contributed by atoms with E-state index in [0.29, 0.717) is 5.92 Å². The lowest BCUT2D eigenvalue weighted by Gasteiger charge is -2.41. The molecular weight excluding hydrogens is 212 g/mol. The molecule has 0 aromatic heterocycles. The first-order chi connectivity index (χ1) is 8.11. The van der Waals surface area contributed by atoms with Crippen LogP contribution in [0.5, 0.6) is 5.75 Å². The Balaban J connectivity index is 2.01. The van der Waals surface area contributed by atoms with Crippen LogP contribution in [-0.4, -0.2) is 10.7 Å². The molecule has 3 rings (SSSR count). The number of hydrogen-bond acceptors (Lipinski definition) is 2. The molecule has 1 N–H and O–H groups in total. The Morgan fingerprint density at radius 2 is 2.24 bits per heavy atom. The van der Waals surface area contributed by atoms with Gasteiger partial charge in [-0.3, -0.25) is 0 Å². The maximum absolute atomic E-state index is 10.3. The fourth-order valence-corrected chi connectivity index (χ4v) is 3.39. The van der Waals surface area contributed by atoms with E-state index in [2.05, 4.69) is 19.9 Å². The van der Waals surface area contributed by atoms with E-state index in [-0.39, 0.29) is 11.7 Å². The summed E-state index contributed by atoms with van der Waals surface area (Å²) in [6.07, 6.45) is 3.91. The van der Waals surface area contributed by atoms with Crippen LogP contribution in [0.4, 0.5) is 0 Å². The number of fused-ring (bicyclic) bond motifs is 1. The van der Waals surface area contributed by atoms with E-state index in [9.17, 15) is 5.11 Å². The summed E-state index contributed by atoms with van der Waals surface area (Å²) < 4.78 is 6.26. The van der Waals surface area contributed by atoms with Crippen LogP contribution < -0.4 is 4.74 Å². The summed E-state index contributed by atoms with van der Waals surface area (Å²) in [7, 11) is 0. The smallest absolute Gasteiger partial charge is 0.125 e. The zero-order valence-corrected chi connectivity index (χ0v) is 10.6. The van der Waals surface area contributed by atoms with E-state index >= 15 is 0 Å². The van der Waals surface area contributed by atoms with Crippen molar-refractivity contribution in [3.05, 3.63) is 29.3 Å². The number of ether oxygens (including phenoxy) is 1. The van der Waals surface area contributed by atoms with Gasteiger partial charge in [0.25, 0.3) is 0 Å². The van der Waals surface area contributed by atoms with Crippen LogP contribution in [0.15, 0.2) is 18.2 Å². The zero-order valence-electron chi connectivity index (χ0n) is 10.6. The molecule has 2 heteroatoms. The molecule has 0 bridgehead atoms. The quantitative estimate of drug-likeness (QED) is 0.743. The van der Waals surface area contributed by atoms with Gasteiger partial charge in [0.15, 0.2) is 0 Å².